The molecule has 0 N–H and O–H groups in total. The topological polar surface area (TPSA) is 38.1 Å². The lowest BCUT2D eigenvalue weighted by Gasteiger charge is -2.22. The number of benzene rings is 1. The summed E-state index contributed by atoms with van der Waals surface area (Å²) >= 11 is 3.51. The van der Waals surface area contributed by atoms with Gasteiger partial charge in [-0.25, -0.2) is 4.98 Å². The minimum Gasteiger partial charge on any atom is -0.330 e. The number of carbonyl (C=O) groups excluding carboxylic acids is 1. The van der Waals surface area contributed by atoms with E-state index in [0.717, 1.165) is 40.8 Å². The molecule has 0 radical (unpaired) electrons. The summed E-state index contributed by atoms with van der Waals surface area (Å²) in [6.07, 6.45) is 5.76. The molecule has 0 bridgehead atoms. The number of halogens is 1. The summed E-state index contributed by atoms with van der Waals surface area (Å²) in [5.74, 6) is 0.119. The Morgan fingerprint density at radius 3 is 3.16 bits per heavy atom. The zero-order chi connectivity index (χ0) is 13.0. The molecule has 1 atom stereocenters. The second-order valence-corrected chi connectivity index (χ2v) is 5.83. The van der Waals surface area contributed by atoms with Gasteiger partial charge >= 0.3 is 0 Å². The predicted octanol–water partition coefficient (Wildman–Crippen LogP) is 2.93. The Labute approximate surface area is 119 Å². The maximum atomic E-state index is 12.8. The number of hydrogen-bond donors (Lipinski definition) is 0. The molecule has 0 aliphatic carbocycles. The van der Waals surface area contributed by atoms with Crippen molar-refractivity contribution in [2.75, 3.05) is 6.54 Å². The number of amides is 1. The van der Waals surface area contributed by atoms with Gasteiger partial charge in [-0.1, -0.05) is 6.07 Å². The second kappa shape index (κ2) is 3.93. The van der Waals surface area contributed by atoms with E-state index in [-0.39, 0.29) is 11.9 Å². The molecule has 96 valence electrons. The Morgan fingerprint density at radius 2 is 2.26 bits per heavy atom. The van der Waals surface area contributed by atoms with Crippen LogP contribution in [0, 0.1) is 0 Å². The number of rotatable bonds is 0. The number of fused-ring (bicyclic) bond motifs is 5. The van der Waals surface area contributed by atoms with E-state index in [1.807, 2.05) is 33.9 Å². The third-order valence-electron chi connectivity index (χ3n) is 3.99. The summed E-state index contributed by atoms with van der Waals surface area (Å²) < 4.78 is 2.90. The zero-order valence-corrected chi connectivity index (χ0v) is 11.8. The molecule has 0 spiro atoms. The number of aromatic nitrogens is 2. The van der Waals surface area contributed by atoms with Crippen molar-refractivity contribution in [2.45, 2.75) is 18.9 Å². The first-order valence-electron chi connectivity index (χ1n) is 6.39. The van der Waals surface area contributed by atoms with Crippen molar-refractivity contribution >= 4 is 21.8 Å². The van der Waals surface area contributed by atoms with E-state index in [9.17, 15) is 4.79 Å². The lowest BCUT2D eigenvalue weighted by molar-refractivity contribution is 0.0738. The van der Waals surface area contributed by atoms with Crippen LogP contribution in [0.5, 0.6) is 0 Å². The van der Waals surface area contributed by atoms with Crippen molar-refractivity contribution in [3.05, 3.63) is 46.5 Å². The second-order valence-electron chi connectivity index (χ2n) is 4.98. The Morgan fingerprint density at radius 1 is 1.37 bits per heavy atom. The predicted molar refractivity (Wildman–Crippen MR) is 74.3 cm³/mol. The third kappa shape index (κ3) is 1.45. The lowest BCUT2D eigenvalue weighted by Crippen LogP contribution is -2.29. The number of hydrogen-bond acceptors (Lipinski definition) is 2. The summed E-state index contributed by atoms with van der Waals surface area (Å²) in [6, 6.07) is 6.01. The van der Waals surface area contributed by atoms with Crippen molar-refractivity contribution in [3.8, 4) is 5.69 Å². The maximum Gasteiger partial charge on any atom is 0.257 e. The molecule has 2 aliphatic rings. The van der Waals surface area contributed by atoms with Crippen LogP contribution in [0.1, 0.15) is 34.9 Å². The van der Waals surface area contributed by atoms with Crippen LogP contribution in [0.25, 0.3) is 5.69 Å². The van der Waals surface area contributed by atoms with Crippen LogP contribution in [-0.4, -0.2) is 26.9 Å². The molecule has 1 aromatic carbocycles. The highest BCUT2D eigenvalue weighted by Gasteiger charge is 2.37. The van der Waals surface area contributed by atoms with Crippen LogP contribution in [0.4, 0.5) is 0 Å². The fourth-order valence-corrected chi connectivity index (χ4v) is 3.66. The normalized spacial score (nSPS) is 20.8. The monoisotopic (exact) mass is 317 g/mol. The molecule has 19 heavy (non-hydrogen) atoms. The molecule has 1 aromatic heterocycles. The van der Waals surface area contributed by atoms with Crippen LogP contribution in [-0.2, 0) is 0 Å². The van der Waals surface area contributed by atoms with Crippen molar-refractivity contribution in [1.82, 2.24) is 14.5 Å². The Hall–Kier alpha value is -1.62. The standard InChI is InChI=1S/C14H12BrN3O/c15-9-3-1-4-11-13(9)14(19)17-6-2-5-10(17)12-7-16-8-18(11)12/h1,3-4,7-8,10H,2,5-6H2. The summed E-state index contributed by atoms with van der Waals surface area (Å²) in [6.45, 7) is 0.829. The number of imidazole rings is 1. The average Bonchev–Trinajstić information content (AvgIpc) is 3.04. The molecule has 1 fully saturated rings. The van der Waals surface area contributed by atoms with E-state index in [1.54, 1.807) is 6.33 Å². The molecule has 3 heterocycles. The van der Waals surface area contributed by atoms with Crippen molar-refractivity contribution in [1.29, 1.82) is 0 Å². The van der Waals surface area contributed by atoms with Gasteiger partial charge in [0.1, 0.15) is 0 Å². The molecule has 4 rings (SSSR count). The molecular formula is C14H12BrN3O. The molecule has 1 saturated heterocycles. The van der Waals surface area contributed by atoms with Crippen molar-refractivity contribution in [2.24, 2.45) is 0 Å². The van der Waals surface area contributed by atoms with Crippen LogP contribution in [0.3, 0.4) is 0 Å². The van der Waals surface area contributed by atoms with Gasteiger partial charge in [0.15, 0.2) is 0 Å². The highest BCUT2D eigenvalue weighted by atomic mass is 79.9. The maximum absolute atomic E-state index is 12.8. The van der Waals surface area contributed by atoms with E-state index in [1.165, 1.54) is 0 Å². The van der Waals surface area contributed by atoms with Gasteiger partial charge in [-0.05, 0) is 40.9 Å². The van der Waals surface area contributed by atoms with E-state index < -0.39 is 0 Å². The molecule has 5 heteroatoms. The minimum absolute atomic E-state index is 0.119. The summed E-state index contributed by atoms with van der Waals surface area (Å²) in [7, 11) is 0. The molecule has 4 nitrogen and oxygen atoms in total. The minimum atomic E-state index is 0.119. The van der Waals surface area contributed by atoms with Crippen LogP contribution < -0.4 is 0 Å². The summed E-state index contributed by atoms with van der Waals surface area (Å²) in [4.78, 5) is 19.0. The van der Waals surface area contributed by atoms with Crippen LogP contribution >= 0.6 is 15.9 Å². The van der Waals surface area contributed by atoms with Gasteiger partial charge in [-0.2, -0.15) is 0 Å². The Bertz CT molecular complexity index is 679. The van der Waals surface area contributed by atoms with E-state index >= 15 is 0 Å². The zero-order valence-electron chi connectivity index (χ0n) is 10.2. The average molecular weight is 318 g/mol. The lowest BCUT2D eigenvalue weighted by atomic mass is 10.1. The molecular weight excluding hydrogens is 306 g/mol. The van der Waals surface area contributed by atoms with E-state index in [4.69, 9.17) is 0 Å². The summed E-state index contributed by atoms with van der Waals surface area (Å²) in [5.41, 5.74) is 2.77. The van der Waals surface area contributed by atoms with Gasteiger partial charge in [0, 0.05) is 11.0 Å². The highest BCUT2D eigenvalue weighted by molar-refractivity contribution is 9.10. The van der Waals surface area contributed by atoms with Gasteiger partial charge in [0.2, 0.25) is 0 Å². The quantitative estimate of drug-likeness (QED) is 0.749. The van der Waals surface area contributed by atoms with Gasteiger partial charge < -0.3 is 9.47 Å². The first-order chi connectivity index (χ1) is 9.27. The third-order valence-corrected chi connectivity index (χ3v) is 4.65. The number of carbonyl (C=O) groups is 1. The van der Waals surface area contributed by atoms with Crippen LogP contribution in [0.2, 0.25) is 0 Å². The first-order valence-corrected chi connectivity index (χ1v) is 7.19. The SMILES string of the molecule is O=C1c2c(Br)cccc2-n2cncc2C2CCCN12. The smallest absolute Gasteiger partial charge is 0.257 e. The van der Waals surface area contributed by atoms with Gasteiger partial charge in [-0.15, -0.1) is 0 Å². The molecule has 1 unspecified atom stereocenters. The first kappa shape index (κ1) is 11.2. The number of nitrogens with zero attached hydrogens (tertiary/aromatic N) is 3. The van der Waals surface area contributed by atoms with E-state index in [0.29, 0.717) is 0 Å². The molecule has 2 aromatic rings. The largest absolute Gasteiger partial charge is 0.330 e. The fourth-order valence-electron chi connectivity index (χ4n) is 3.14. The van der Waals surface area contributed by atoms with Gasteiger partial charge in [0.25, 0.3) is 5.91 Å². The summed E-state index contributed by atoms with van der Waals surface area (Å²) in [5, 5.41) is 0. The Balaban J connectivity index is 2.06. The van der Waals surface area contributed by atoms with Gasteiger partial charge in [-0.3, -0.25) is 4.79 Å². The van der Waals surface area contributed by atoms with E-state index in [2.05, 4.69) is 20.9 Å². The van der Waals surface area contributed by atoms with Gasteiger partial charge in [0.05, 0.1) is 35.5 Å². The highest BCUT2D eigenvalue weighted by Crippen LogP contribution is 2.39. The Kier molecular flexibility index (Phi) is 2.33. The molecule has 1 amide bonds. The molecule has 2 aliphatic heterocycles. The molecule has 0 saturated carbocycles. The van der Waals surface area contributed by atoms with Crippen molar-refractivity contribution < 1.29 is 4.79 Å². The van der Waals surface area contributed by atoms with Crippen molar-refractivity contribution in [3.63, 3.8) is 0 Å². The van der Waals surface area contributed by atoms with Crippen LogP contribution in [0.15, 0.2) is 35.2 Å². The fraction of sp³-hybridized carbons (Fsp3) is 0.286.